The molecule has 0 aliphatic rings. The van der Waals surface area contributed by atoms with Crippen LogP contribution in [-0.2, 0) is 0 Å². The van der Waals surface area contributed by atoms with Crippen LogP contribution < -0.4 is 0 Å². The molecule has 5 nitrogen and oxygen atoms in total. The molecule has 9 rings (SSSR count). The minimum atomic E-state index is 0.584. The Kier molecular flexibility index (Phi) is 5.89. The summed E-state index contributed by atoms with van der Waals surface area (Å²) in [5, 5.41) is 4.19. The number of para-hydroxylation sites is 2. The van der Waals surface area contributed by atoms with Crippen LogP contribution in [0, 0.1) is 0 Å². The molecular formula is C39H22BrN3O2. The number of halogens is 1. The average molecular weight is 645 g/mol. The Morgan fingerprint density at radius 1 is 0.400 bits per heavy atom. The first-order valence-corrected chi connectivity index (χ1v) is 15.4. The molecule has 0 spiro atoms. The van der Waals surface area contributed by atoms with Crippen molar-refractivity contribution in [2.24, 2.45) is 0 Å². The molecule has 0 saturated carbocycles. The summed E-state index contributed by atoms with van der Waals surface area (Å²) in [4.78, 5) is 15.1. The largest absolute Gasteiger partial charge is 0.456 e. The van der Waals surface area contributed by atoms with Gasteiger partial charge in [0.05, 0.1) is 0 Å². The molecule has 0 fully saturated rings. The maximum atomic E-state index is 6.19. The molecule has 0 aliphatic carbocycles. The second-order valence-electron chi connectivity index (χ2n) is 11.0. The molecule has 0 aliphatic heterocycles. The summed E-state index contributed by atoms with van der Waals surface area (Å²) in [5.41, 5.74) is 8.17. The van der Waals surface area contributed by atoms with Crippen molar-refractivity contribution < 1.29 is 8.83 Å². The minimum absolute atomic E-state index is 0.584. The minimum Gasteiger partial charge on any atom is -0.456 e. The Hall–Kier alpha value is -5.59. The van der Waals surface area contributed by atoms with Gasteiger partial charge in [0.25, 0.3) is 0 Å². The van der Waals surface area contributed by atoms with Crippen LogP contribution in [0.3, 0.4) is 0 Å². The van der Waals surface area contributed by atoms with Gasteiger partial charge in [0.1, 0.15) is 22.3 Å². The van der Waals surface area contributed by atoms with Gasteiger partial charge in [-0.15, -0.1) is 0 Å². The quantitative estimate of drug-likeness (QED) is 0.191. The van der Waals surface area contributed by atoms with Gasteiger partial charge in [-0.3, -0.25) is 0 Å². The molecule has 0 unspecified atom stereocenters. The van der Waals surface area contributed by atoms with Crippen molar-refractivity contribution in [2.45, 2.75) is 0 Å². The van der Waals surface area contributed by atoms with E-state index in [9.17, 15) is 0 Å². The summed E-state index contributed by atoms with van der Waals surface area (Å²) in [5.74, 6) is 1.78. The lowest BCUT2D eigenvalue weighted by Gasteiger charge is -2.11. The molecule has 9 aromatic rings. The number of hydrogen-bond donors (Lipinski definition) is 0. The zero-order valence-corrected chi connectivity index (χ0v) is 25.3. The number of fused-ring (bicyclic) bond motifs is 6. The zero-order chi connectivity index (χ0) is 29.9. The Labute approximate surface area is 266 Å². The van der Waals surface area contributed by atoms with E-state index in [1.165, 1.54) is 0 Å². The lowest BCUT2D eigenvalue weighted by Crippen LogP contribution is -2.00. The number of aromatic nitrogens is 3. The van der Waals surface area contributed by atoms with Gasteiger partial charge in [-0.25, -0.2) is 15.0 Å². The van der Waals surface area contributed by atoms with Gasteiger partial charge in [-0.1, -0.05) is 101 Å². The number of hydrogen-bond acceptors (Lipinski definition) is 5. The highest BCUT2D eigenvalue weighted by atomic mass is 79.9. The van der Waals surface area contributed by atoms with Crippen LogP contribution in [0.15, 0.2) is 147 Å². The van der Waals surface area contributed by atoms with Crippen molar-refractivity contribution in [3.05, 3.63) is 138 Å². The lowest BCUT2D eigenvalue weighted by atomic mass is 10.0. The summed E-state index contributed by atoms with van der Waals surface area (Å²) in [6.07, 6.45) is 0. The second kappa shape index (κ2) is 10.3. The van der Waals surface area contributed by atoms with Crippen LogP contribution in [-0.4, -0.2) is 15.0 Å². The van der Waals surface area contributed by atoms with E-state index < -0.39 is 0 Å². The maximum Gasteiger partial charge on any atom is 0.164 e. The van der Waals surface area contributed by atoms with Crippen molar-refractivity contribution in [2.75, 3.05) is 0 Å². The fraction of sp³-hybridized carbons (Fsp3) is 0. The number of nitrogens with zero attached hydrogens (tertiary/aromatic N) is 3. The monoisotopic (exact) mass is 643 g/mol. The maximum absolute atomic E-state index is 6.19. The highest BCUT2D eigenvalue weighted by Gasteiger charge is 2.18. The van der Waals surface area contributed by atoms with Crippen LogP contribution in [0.4, 0.5) is 0 Å². The van der Waals surface area contributed by atoms with Crippen molar-refractivity contribution in [3.8, 4) is 45.3 Å². The first-order chi connectivity index (χ1) is 22.2. The predicted molar refractivity (Wildman–Crippen MR) is 184 cm³/mol. The summed E-state index contributed by atoms with van der Waals surface area (Å²) in [6.45, 7) is 0. The third-order valence-corrected chi connectivity index (χ3v) is 8.63. The SMILES string of the molecule is Brc1cc(-c2ccc3oc4ccccc4c3c2)cc(-c2nc(-c3ccccc3)nc(-c3cccc4oc5ccccc5c34)n2)c1. The number of rotatable bonds is 4. The molecule has 0 N–H and O–H groups in total. The van der Waals surface area contributed by atoms with Gasteiger partial charge in [-0.2, -0.15) is 0 Å². The molecule has 0 atom stereocenters. The van der Waals surface area contributed by atoms with Crippen molar-refractivity contribution in [1.82, 2.24) is 15.0 Å². The van der Waals surface area contributed by atoms with Gasteiger partial charge in [0.2, 0.25) is 0 Å². The number of furan rings is 2. The normalized spacial score (nSPS) is 11.7. The number of benzene rings is 6. The second-order valence-corrected chi connectivity index (χ2v) is 11.9. The van der Waals surface area contributed by atoms with Gasteiger partial charge < -0.3 is 8.83 Å². The first kappa shape index (κ1) is 25.9. The Morgan fingerprint density at radius 2 is 1.02 bits per heavy atom. The van der Waals surface area contributed by atoms with E-state index in [2.05, 4.69) is 64.5 Å². The third-order valence-electron chi connectivity index (χ3n) is 8.18. The van der Waals surface area contributed by atoms with Crippen LogP contribution in [0.2, 0.25) is 0 Å². The molecular weight excluding hydrogens is 622 g/mol. The summed E-state index contributed by atoms with van der Waals surface area (Å²) >= 11 is 3.77. The van der Waals surface area contributed by atoms with E-state index in [-0.39, 0.29) is 0 Å². The standard InChI is InChI=1S/C39H22BrN3O2/c40-27-20-25(24-17-18-34-31(22-24)28-11-4-6-14-32(28)44-34)19-26(21-27)38-41-37(23-9-2-1-3-10-23)42-39(43-38)30-13-8-16-35-36(30)29-12-5-7-15-33(29)45-35/h1-22H. The fourth-order valence-electron chi connectivity index (χ4n) is 6.09. The van der Waals surface area contributed by atoms with Crippen LogP contribution in [0.1, 0.15) is 0 Å². The van der Waals surface area contributed by atoms with E-state index in [0.717, 1.165) is 76.2 Å². The van der Waals surface area contributed by atoms with E-state index in [1.54, 1.807) is 0 Å². The smallest absolute Gasteiger partial charge is 0.164 e. The van der Waals surface area contributed by atoms with Gasteiger partial charge in [-0.05, 0) is 59.7 Å². The lowest BCUT2D eigenvalue weighted by molar-refractivity contribution is 0.668. The Balaban J connectivity index is 1.25. The molecule has 0 amide bonds. The molecule has 0 saturated heterocycles. The summed E-state index contributed by atoms with van der Waals surface area (Å²) in [7, 11) is 0. The topological polar surface area (TPSA) is 65.0 Å². The highest BCUT2D eigenvalue weighted by Crippen LogP contribution is 2.38. The van der Waals surface area contributed by atoms with Gasteiger partial charge in [0.15, 0.2) is 17.5 Å². The first-order valence-electron chi connectivity index (χ1n) is 14.6. The van der Waals surface area contributed by atoms with Crippen molar-refractivity contribution in [1.29, 1.82) is 0 Å². The van der Waals surface area contributed by atoms with Gasteiger partial charge in [0, 0.05) is 42.7 Å². The molecule has 6 heteroatoms. The van der Waals surface area contributed by atoms with Crippen LogP contribution in [0.25, 0.3) is 89.2 Å². The van der Waals surface area contributed by atoms with E-state index in [1.807, 2.05) is 84.9 Å². The third kappa shape index (κ3) is 4.41. The summed E-state index contributed by atoms with van der Waals surface area (Å²) in [6, 6.07) is 44.9. The van der Waals surface area contributed by atoms with E-state index in [4.69, 9.17) is 23.8 Å². The highest BCUT2D eigenvalue weighted by molar-refractivity contribution is 9.10. The van der Waals surface area contributed by atoms with Crippen molar-refractivity contribution in [3.63, 3.8) is 0 Å². The Bertz CT molecular complexity index is 2570. The molecule has 0 radical (unpaired) electrons. The fourth-order valence-corrected chi connectivity index (χ4v) is 6.59. The molecule has 212 valence electrons. The molecule has 45 heavy (non-hydrogen) atoms. The van der Waals surface area contributed by atoms with Crippen LogP contribution >= 0.6 is 15.9 Å². The van der Waals surface area contributed by atoms with Crippen LogP contribution in [0.5, 0.6) is 0 Å². The van der Waals surface area contributed by atoms with E-state index in [0.29, 0.717) is 17.5 Å². The molecule has 0 bridgehead atoms. The Morgan fingerprint density at radius 3 is 1.87 bits per heavy atom. The van der Waals surface area contributed by atoms with E-state index >= 15 is 0 Å². The van der Waals surface area contributed by atoms with Crippen molar-refractivity contribution >= 4 is 59.8 Å². The molecule has 3 heterocycles. The average Bonchev–Trinajstić information content (AvgIpc) is 3.66. The summed E-state index contributed by atoms with van der Waals surface area (Å²) < 4.78 is 13.2. The molecule has 3 aromatic heterocycles. The van der Waals surface area contributed by atoms with Gasteiger partial charge >= 0.3 is 0 Å². The molecule has 6 aromatic carbocycles. The predicted octanol–water partition coefficient (Wildman–Crippen LogP) is 11.1. The zero-order valence-electron chi connectivity index (χ0n) is 23.7.